The van der Waals surface area contributed by atoms with E-state index in [2.05, 4.69) is 20.4 Å². The molecular weight excluding hydrogens is 318 g/mol. The van der Waals surface area contributed by atoms with Crippen LogP contribution in [0.5, 0.6) is 0 Å². The van der Waals surface area contributed by atoms with Gasteiger partial charge in [0.25, 0.3) is 5.91 Å². The molecule has 0 aliphatic heterocycles. The molecule has 122 valence electrons. The molecule has 1 unspecified atom stereocenters. The van der Waals surface area contributed by atoms with Gasteiger partial charge in [0.15, 0.2) is 0 Å². The summed E-state index contributed by atoms with van der Waals surface area (Å²) in [6.07, 6.45) is 5.58. The minimum atomic E-state index is -0.584. The third-order valence-electron chi connectivity index (χ3n) is 3.99. The van der Waals surface area contributed by atoms with Gasteiger partial charge in [-0.05, 0) is 31.7 Å². The van der Waals surface area contributed by atoms with Crippen molar-refractivity contribution in [1.82, 2.24) is 25.1 Å². The van der Waals surface area contributed by atoms with E-state index >= 15 is 0 Å². The maximum absolute atomic E-state index is 12.2. The van der Waals surface area contributed by atoms with E-state index in [0.29, 0.717) is 24.4 Å². The van der Waals surface area contributed by atoms with Gasteiger partial charge in [-0.3, -0.25) is 9.48 Å². The summed E-state index contributed by atoms with van der Waals surface area (Å²) in [5.74, 6) is -0.00950. The van der Waals surface area contributed by atoms with Gasteiger partial charge in [-0.15, -0.1) is 0 Å². The number of aliphatic hydroxyl groups excluding tert-OH is 1. The molecule has 1 aliphatic carbocycles. The SMILES string of the molecule is Cc1ccnc(C(=O)N[C@@H]2CC(Cn3cc(Cl)cn3)C[C@H]2O)n1. The summed E-state index contributed by atoms with van der Waals surface area (Å²) in [7, 11) is 0. The predicted octanol–water partition coefficient (Wildman–Crippen LogP) is 1.20. The van der Waals surface area contributed by atoms with Crippen LogP contribution in [0.2, 0.25) is 5.02 Å². The number of carbonyl (C=O) groups is 1. The Morgan fingerprint density at radius 1 is 1.52 bits per heavy atom. The van der Waals surface area contributed by atoms with Crippen LogP contribution in [0.25, 0.3) is 0 Å². The molecule has 0 spiro atoms. The summed E-state index contributed by atoms with van der Waals surface area (Å²) in [6, 6.07) is 1.43. The molecule has 2 heterocycles. The van der Waals surface area contributed by atoms with Gasteiger partial charge in [0.2, 0.25) is 5.82 Å². The van der Waals surface area contributed by atoms with E-state index in [-0.39, 0.29) is 23.7 Å². The van der Waals surface area contributed by atoms with Crippen LogP contribution in [0.4, 0.5) is 0 Å². The van der Waals surface area contributed by atoms with Gasteiger partial charge in [-0.1, -0.05) is 11.6 Å². The fourth-order valence-corrected chi connectivity index (χ4v) is 3.07. The number of rotatable bonds is 4. The molecule has 3 rings (SSSR count). The normalized spacial score (nSPS) is 23.9. The lowest BCUT2D eigenvalue weighted by Gasteiger charge is -2.15. The van der Waals surface area contributed by atoms with Crippen LogP contribution in [0.3, 0.4) is 0 Å². The highest BCUT2D eigenvalue weighted by molar-refractivity contribution is 6.30. The quantitative estimate of drug-likeness (QED) is 0.876. The van der Waals surface area contributed by atoms with Crippen LogP contribution in [0, 0.1) is 12.8 Å². The molecule has 8 heteroatoms. The minimum Gasteiger partial charge on any atom is -0.391 e. The van der Waals surface area contributed by atoms with Gasteiger partial charge < -0.3 is 10.4 Å². The molecule has 3 atom stereocenters. The topological polar surface area (TPSA) is 92.9 Å². The molecule has 2 aromatic heterocycles. The van der Waals surface area contributed by atoms with Crippen LogP contribution >= 0.6 is 11.6 Å². The van der Waals surface area contributed by atoms with E-state index < -0.39 is 6.10 Å². The largest absolute Gasteiger partial charge is 0.391 e. The Hall–Kier alpha value is -1.99. The summed E-state index contributed by atoms with van der Waals surface area (Å²) in [4.78, 5) is 20.2. The number of aryl methyl sites for hydroxylation is 1. The van der Waals surface area contributed by atoms with Crippen molar-refractivity contribution in [3.63, 3.8) is 0 Å². The summed E-state index contributed by atoms with van der Waals surface area (Å²) in [5, 5.41) is 17.7. The Kier molecular flexibility index (Phi) is 4.58. The maximum atomic E-state index is 12.2. The highest BCUT2D eigenvalue weighted by Gasteiger charge is 2.34. The van der Waals surface area contributed by atoms with Crippen molar-refractivity contribution in [1.29, 1.82) is 0 Å². The number of carbonyl (C=O) groups excluding carboxylic acids is 1. The Bertz CT molecular complexity index is 705. The molecule has 2 aromatic rings. The molecule has 7 nitrogen and oxygen atoms in total. The Morgan fingerprint density at radius 3 is 3.04 bits per heavy atom. The first-order valence-corrected chi connectivity index (χ1v) is 7.85. The fourth-order valence-electron chi connectivity index (χ4n) is 2.92. The minimum absolute atomic E-state index is 0.125. The van der Waals surface area contributed by atoms with E-state index in [1.54, 1.807) is 36.3 Å². The van der Waals surface area contributed by atoms with Crippen molar-refractivity contribution in [3.05, 3.63) is 41.2 Å². The van der Waals surface area contributed by atoms with Crippen molar-refractivity contribution >= 4 is 17.5 Å². The summed E-state index contributed by atoms with van der Waals surface area (Å²) in [6.45, 7) is 2.46. The number of hydrogen-bond acceptors (Lipinski definition) is 5. The van der Waals surface area contributed by atoms with Crippen molar-refractivity contribution in [3.8, 4) is 0 Å². The van der Waals surface area contributed by atoms with E-state index in [9.17, 15) is 9.90 Å². The first-order chi connectivity index (χ1) is 11.0. The molecule has 0 saturated heterocycles. The van der Waals surface area contributed by atoms with Gasteiger partial charge in [0.1, 0.15) is 0 Å². The second kappa shape index (κ2) is 6.64. The monoisotopic (exact) mass is 335 g/mol. The number of amides is 1. The van der Waals surface area contributed by atoms with Crippen LogP contribution in [0.1, 0.15) is 29.2 Å². The average molecular weight is 336 g/mol. The second-order valence-electron chi connectivity index (χ2n) is 5.89. The lowest BCUT2D eigenvalue weighted by molar-refractivity contribution is 0.0862. The van der Waals surface area contributed by atoms with Crippen LogP contribution in [-0.4, -0.2) is 42.9 Å². The molecule has 1 saturated carbocycles. The van der Waals surface area contributed by atoms with E-state index in [4.69, 9.17) is 11.6 Å². The zero-order valence-corrected chi connectivity index (χ0v) is 13.4. The zero-order chi connectivity index (χ0) is 16.4. The number of halogens is 1. The van der Waals surface area contributed by atoms with Gasteiger partial charge in [-0.25, -0.2) is 9.97 Å². The molecule has 1 fully saturated rings. The zero-order valence-electron chi connectivity index (χ0n) is 12.7. The number of nitrogens with one attached hydrogen (secondary N) is 1. The second-order valence-corrected chi connectivity index (χ2v) is 6.32. The van der Waals surface area contributed by atoms with Crippen LogP contribution < -0.4 is 5.32 Å². The van der Waals surface area contributed by atoms with Crippen molar-refractivity contribution < 1.29 is 9.90 Å². The highest BCUT2D eigenvalue weighted by atomic mass is 35.5. The van der Waals surface area contributed by atoms with E-state index in [0.717, 1.165) is 5.69 Å². The molecule has 0 bridgehead atoms. The Balaban J connectivity index is 1.59. The lowest BCUT2D eigenvalue weighted by Crippen LogP contribution is -2.40. The van der Waals surface area contributed by atoms with Gasteiger partial charge >= 0.3 is 0 Å². The number of aliphatic hydroxyl groups is 1. The number of nitrogens with zero attached hydrogens (tertiary/aromatic N) is 4. The summed E-state index contributed by atoms with van der Waals surface area (Å²) in [5.41, 5.74) is 0.727. The Labute approximate surface area is 138 Å². The molecule has 23 heavy (non-hydrogen) atoms. The van der Waals surface area contributed by atoms with Crippen LogP contribution in [-0.2, 0) is 6.54 Å². The molecule has 2 N–H and O–H groups in total. The van der Waals surface area contributed by atoms with Gasteiger partial charge in [-0.2, -0.15) is 5.10 Å². The lowest BCUT2D eigenvalue weighted by atomic mass is 10.1. The predicted molar refractivity (Wildman–Crippen MR) is 84.0 cm³/mol. The molecular formula is C15H18ClN5O2. The van der Waals surface area contributed by atoms with Crippen molar-refractivity contribution in [2.24, 2.45) is 5.92 Å². The van der Waals surface area contributed by atoms with Gasteiger partial charge in [0, 0.05) is 24.6 Å². The van der Waals surface area contributed by atoms with E-state index in [1.807, 2.05) is 0 Å². The molecule has 1 aliphatic rings. The maximum Gasteiger partial charge on any atom is 0.289 e. The number of hydrogen-bond donors (Lipinski definition) is 2. The molecule has 0 aromatic carbocycles. The third kappa shape index (κ3) is 3.86. The first-order valence-electron chi connectivity index (χ1n) is 7.48. The van der Waals surface area contributed by atoms with E-state index in [1.165, 1.54) is 0 Å². The van der Waals surface area contributed by atoms with Gasteiger partial charge in [0.05, 0.1) is 23.4 Å². The summed E-state index contributed by atoms with van der Waals surface area (Å²) < 4.78 is 1.76. The average Bonchev–Trinajstić information content (AvgIpc) is 3.05. The molecule has 1 amide bonds. The standard InChI is InChI=1S/C15H18ClN5O2/c1-9-2-3-17-14(19-9)15(23)20-12-4-10(5-13(12)22)7-21-8-11(16)6-18-21/h2-3,6,8,10,12-13,22H,4-5,7H2,1H3,(H,20,23)/t10?,12-,13-/m1/s1. The van der Waals surface area contributed by atoms with Crippen molar-refractivity contribution in [2.45, 2.75) is 38.5 Å². The summed E-state index contributed by atoms with van der Waals surface area (Å²) >= 11 is 5.85. The Morgan fingerprint density at radius 2 is 2.35 bits per heavy atom. The molecule has 0 radical (unpaired) electrons. The number of aromatic nitrogens is 4. The van der Waals surface area contributed by atoms with Crippen LogP contribution in [0.15, 0.2) is 24.7 Å². The van der Waals surface area contributed by atoms with Crippen molar-refractivity contribution in [2.75, 3.05) is 0 Å². The fraction of sp³-hybridized carbons (Fsp3) is 0.467. The first kappa shape index (κ1) is 15.9. The smallest absolute Gasteiger partial charge is 0.289 e. The highest BCUT2D eigenvalue weighted by Crippen LogP contribution is 2.28. The third-order valence-corrected chi connectivity index (χ3v) is 4.18.